The molecule has 1 amide bonds. The van der Waals surface area contributed by atoms with E-state index in [4.69, 9.17) is 23.9 Å². The first-order chi connectivity index (χ1) is 18.0. The van der Waals surface area contributed by atoms with Crippen molar-refractivity contribution >= 4 is 18.0 Å². The lowest BCUT2D eigenvalue weighted by Gasteiger charge is -2.38. The molecule has 0 spiro atoms. The van der Waals surface area contributed by atoms with Crippen LogP contribution in [0.15, 0.2) is 17.1 Å². The SMILES string of the molecule is COC1=N[C@@H](C(C)(C)C)N(C(=O)OC(C)(C)C)[C@@H]1C(C)CC(=O)Oc1c(C(C)(C)C)cc(OC)cc1C(C)(C)C. The number of rotatable bonds is 5. The first kappa shape index (κ1) is 33.4. The van der Waals surface area contributed by atoms with Crippen molar-refractivity contribution in [1.82, 2.24) is 4.90 Å². The highest BCUT2D eigenvalue weighted by Gasteiger charge is 2.49. The van der Waals surface area contributed by atoms with E-state index in [2.05, 4.69) is 41.5 Å². The summed E-state index contributed by atoms with van der Waals surface area (Å²) in [4.78, 5) is 33.5. The molecule has 0 N–H and O–H groups in total. The van der Waals surface area contributed by atoms with Crippen molar-refractivity contribution < 1.29 is 28.5 Å². The van der Waals surface area contributed by atoms with Gasteiger partial charge in [0.2, 0.25) is 5.90 Å². The van der Waals surface area contributed by atoms with Gasteiger partial charge < -0.3 is 18.9 Å². The molecule has 1 unspecified atom stereocenters. The molecule has 0 aromatic heterocycles. The predicted molar refractivity (Wildman–Crippen MR) is 159 cm³/mol. The van der Waals surface area contributed by atoms with Gasteiger partial charge in [-0.1, -0.05) is 69.2 Å². The highest BCUT2D eigenvalue weighted by atomic mass is 16.6. The lowest BCUT2D eigenvalue weighted by molar-refractivity contribution is -0.135. The molecule has 0 fully saturated rings. The zero-order chi connectivity index (χ0) is 31.0. The summed E-state index contributed by atoms with van der Waals surface area (Å²) in [6.45, 7) is 25.9. The summed E-state index contributed by atoms with van der Waals surface area (Å²) < 4.78 is 23.2. The number of methoxy groups -OCH3 is 2. The van der Waals surface area contributed by atoms with E-state index in [0.717, 1.165) is 16.9 Å². The highest BCUT2D eigenvalue weighted by molar-refractivity contribution is 5.89. The number of esters is 1. The Kier molecular flexibility index (Phi) is 9.71. The second-order valence-corrected chi connectivity index (χ2v) is 15.0. The maximum atomic E-state index is 13.6. The molecule has 8 nitrogen and oxygen atoms in total. The molecule has 0 saturated carbocycles. The summed E-state index contributed by atoms with van der Waals surface area (Å²) in [5.41, 5.74) is 0.0992. The minimum atomic E-state index is -0.691. The summed E-state index contributed by atoms with van der Waals surface area (Å²) in [5.74, 6) is 0.923. The summed E-state index contributed by atoms with van der Waals surface area (Å²) in [7, 11) is 3.18. The van der Waals surface area contributed by atoms with Crippen LogP contribution in [0.1, 0.15) is 108 Å². The van der Waals surface area contributed by atoms with Crippen LogP contribution in [0.4, 0.5) is 4.79 Å². The standard InChI is InChI=1S/C32H52N2O6/c1-19(24-26(38-15)33-27(31(8,9)10)34(24)28(36)40-32(11,12)13)16-23(35)39-25-21(29(2,3)4)17-20(37-14)18-22(25)30(5,6)7/h17-19,24,27H,16H2,1-15H3/t19?,24-,27-/m1/s1. The lowest BCUT2D eigenvalue weighted by atomic mass is 9.79. The fourth-order valence-corrected chi connectivity index (χ4v) is 4.83. The third kappa shape index (κ3) is 7.91. The van der Waals surface area contributed by atoms with Crippen molar-refractivity contribution in [3.63, 3.8) is 0 Å². The van der Waals surface area contributed by atoms with E-state index in [0.29, 0.717) is 11.6 Å². The third-order valence-corrected chi connectivity index (χ3v) is 6.81. The molecule has 8 heteroatoms. The van der Waals surface area contributed by atoms with Gasteiger partial charge >= 0.3 is 12.1 Å². The normalized spacial score (nSPS) is 19.2. The minimum absolute atomic E-state index is 0.0440. The number of aliphatic imine (C=N–C) groups is 1. The Bertz CT molecular complexity index is 1080. The molecule has 0 aliphatic carbocycles. The number of ether oxygens (including phenoxy) is 4. The van der Waals surface area contributed by atoms with Crippen LogP contribution in [-0.2, 0) is 25.1 Å². The van der Waals surface area contributed by atoms with Crippen molar-refractivity contribution in [2.75, 3.05) is 14.2 Å². The summed E-state index contributed by atoms with van der Waals surface area (Å²) in [5, 5.41) is 0. The zero-order valence-electron chi connectivity index (χ0n) is 27.4. The number of carbonyl (C=O) groups excluding carboxylic acids is 2. The highest BCUT2D eigenvalue weighted by Crippen LogP contribution is 2.43. The molecular formula is C32H52N2O6. The van der Waals surface area contributed by atoms with E-state index in [9.17, 15) is 9.59 Å². The fourth-order valence-electron chi connectivity index (χ4n) is 4.83. The molecule has 0 radical (unpaired) electrons. The van der Waals surface area contributed by atoms with Crippen LogP contribution < -0.4 is 9.47 Å². The minimum Gasteiger partial charge on any atom is -0.497 e. The molecule has 1 aliphatic rings. The largest absolute Gasteiger partial charge is 0.497 e. The van der Waals surface area contributed by atoms with Crippen molar-refractivity contribution in [3.05, 3.63) is 23.3 Å². The monoisotopic (exact) mass is 560 g/mol. The van der Waals surface area contributed by atoms with Crippen molar-refractivity contribution in [1.29, 1.82) is 0 Å². The van der Waals surface area contributed by atoms with Crippen LogP contribution in [0.5, 0.6) is 11.5 Å². The second kappa shape index (κ2) is 11.6. The molecule has 1 aromatic rings. The van der Waals surface area contributed by atoms with E-state index in [-0.39, 0.29) is 28.6 Å². The number of hydrogen-bond acceptors (Lipinski definition) is 7. The predicted octanol–water partition coefficient (Wildman–Crippen LogP) is 7.26. The molecule has 1 aromatic carbocycles. The van der Waals surface area contributed by atoms with Gasteiger partial charge in [-0.25, -0.2) is 9.79 Å². The van der Waals surface area contributed by atoms with Gasteiger partial charge in [0.1, 0.15) is 29.3 Å². The molecular weight excluding hydrogens is 508 g/mol. The van der Waals surface area contributed by atoms with Crippen molar-refractivity contribution in [2.45, 2.75) is 125 Å². The van der Waals surface area contributed by atoms with Gasteiger partial charge in [-0.05, 0) is 49.7 Å². The number of benzene rings is 1. The quantitative estimate of drug-likeness (QED) is 0.278. The van der Waals surface area contributed by atoms with Crippen LogP contribution >= 0.6 is 0 Å². The number of amides is 1. The number of hydrogen-bond donors (Lipinski definition) is 0. The van der Waals surface area contributed by atoms with Crippen molar-refractivity contribution in [2.24, 2.45) is 16.3 Å². The first-order valence-electron chi connectivity index (χ1n) is 14.1. The fraction of sp³-hybridized carbons (Fsp3) is 0.719. The van der Waals surface area contributed by atoms with Crippen LogP contribution in [0.3, 0.4) is 0 Å². The van der Waals surface area contributed by atoms with E-state index in [1.165, 1.54) is 7.11 Å². The van der Waals surface area contributed by atoms with Gasteiger partial charge in [-0.15, -0.1) is 0 Å². The lowest BCUT2D eigenvalue weighted by Crippen LogP contribution is -2.53. The summed E-state index contributed by atoms with van der Waals surface area (Å²) in [6, 6.07) is 3.29. The van der Waals surface area contributed by atoms with Crippen LogP contribution in [0, 0.1) is 11.3 Å². The Morgan fingerprint density at radius 3 is 1.75 bits per heavy atom. The van der Waals surface area contributed by atoms with Gasteiger partial charge in [-0.2, -0.15) is 0 Å². The van der Waals surface area contributed by atoms with Gasteiger partial charge in [0.15, 0.2) is 0 Å². The van der Waals surface area contributed by atoms with Gasteiger partial charge in [-0.3, -0.25) is 9.69 Å². The van der Waals surface area contributed by atoms with Crippen LogP contribution in [0.2, 0.25) is 0 Å². The molecule has 0 saturated heterocycles. The summed E-state index contributed by atoms with van der Waals surface area (Å²) >= 11 is 0. The Morgan fingerprint density at radius 1 is 0.875 bits per heavy atom. The second-order valence-electron chi connectivity index (χ2n) is 15.0. The Hall–Kier alpha value is -2.77. The summed E-state index contributed by atoms with van der Waals surface area (Å²) in [6.07, 6.45) is -0.960. The molecule has 0 bridgehead atoms. The Balaban J connectivity index is 2.49. The molecule has 1 heterocycles. The smallest absolute Gasteiger partial charge is 0.412 e. The average Bonchev–Trinajstić information content (AvgIpc) is 3.17. The van der Waals surface area contributed by atoms with Crippen LogP contribution in [0.25, 0.3) is 0 Å². The van der Waals surface area contributed by atoms with E-state index in [1.807, 2.05) is 60.6 Å². The van der Waals surface area contributed by atoms with Gasteiger partial charge in [0.05, 0.1) is 20.6 Å². The molecule has 1 aliphatic heterocycles. The number of carbonyl (C=O) groups is 2. The Morgan fingerprint density at radius 2 is 1.38 bits per heavy atom. The molecule has 226 valence electrons. The average molecular weight is 561 g/mol. The zero-order valence-corrected chi connectivity index (χ0v) is 27.4. The Labute approximate surface area is 241 Å². The van der Waals surface area contributed by atoms with E-state index in [1.54, 1.807) is 12.0 Å². The maximum Gasteiger partial charge on any atom is 0.412 e. The first-order valence-corrected chi connectivity index (χ1v) is 14.1. The van der Waals surface area contributed by atoms with E-state index < -0.39 is 29.9 Å². The topological polar surface area (TPSA) is 86.7 Å². The maximum absolute atomic E-state index is 13.6. The molecule has 40 heavy (non-hydrogen) atoms. The van der Waals surface area contributed by atoms with Crippen molar-refractivity contribution in [3.8, 4) is 11.5 Å². The molecule has 2 rings (SSSR count). The number of nitrogens with zero attached hydrogens (tertiary/aromatic N) is 2. The van der Waals surface area contributed by atoms with Crippen LogP contribution in [-0.4, -0.2) is 54.9 Å². The van der Waals surface area contributed by atoms with Gasteiger partial charge in [0.25, 0.3) is 0 Å². The van der Waals surface area contributed by atoms with E-state index >= 15 is 0 Å². The van der Waals surface area contributed by atoms with Gasteiger partial charge in [0, 0.05) is 16.5 Å². The molecule has 3 atom stereocenters. The third-order valence-electron chi connectivity index (χ3n) is 6.81.